The van der Waals surface area contributed by atoms with E-state index in [1.54, 1.807) is 0 Å². The van der Waals surface area contributed by atoms with Gasteiger partial charge >= 0.3 is 12.0 Å². The van der Waals surface area contributed by atoms with E-state index in [9.17, 15) is 9.59 Å². The molecule has 0 bridgehead atoms. The zero-order valence-corrected chi connectivity index (χ0v) is 11.0. The van der Waals surface area contributed by atoms with Crippen LogP contribution in [0.4, 0.5) is 10.7 Å². The molecular formula is C12H17N5O3. The molecule has 8 nitrogen and oxygen atoms in total. The Labute approximate surface area is 116 Å². The number of anilines is 1. The predicted octanol–water partition coefficient (Wildman–Crippen LogP) is 0.884. The van der Waals surface area contributed by atoms with Gasteiger partial charge in [-0.2, -0.15) is 5.10 Å². The van der Waals surface area contributed by atoms with Gasteiger partial charge in [0.2, 0.25) is 0 Å². The Morgan fingerprint density at radius 3 is 2.60 bits per heavy atom. The fourth-order valence-corrected chi connectivity index (χ4v) is 2.30. The van der Waals surface area contributed by atoms with Gasteiger partial charge in [0.25, 0.3) is 5.95 Å². The van der Waals surface area contributed by atoms with Crippen molar-refractivity contribution in [1.29, 1.82) is 0 Å². The molecule has 1 aliphatic carbocycles. The molecule has 0 aliphatic heterocycles. The maximum Gasteiger partial charge on any atom is 0.321 e. The van der Waals surface area contributed by atoms with Gasteiger partial charge in [-0.1, -0.05) is 0 Å². The van der Waals surface area contributed by atoms with Gasteiger partial charge in [-0.05, 0) is 31.6 Å². The highest BCUT2D eigenvalue weighted by Gasteiger charge is 2.25. The van der Waals surface area contributed by atoms with Gasteiger partial charge in [-0.3, -0.25) is 10.1 Å². The van der Waals surface area contributed by atoms with Crippen molar-refractivity contribution in [1.82, 2.24) is 20.5 Å². The molecule has 1 aromatic rings. The second-order valence-electron chi connectivity index (χ2n) is 4.86. The van der Waals surface area contributed by atoms with Crippen molar-refractivity contribution < 1.29 is 14.7 Å². The third-order valence-corrected chi connectivity index (χ3v) is 3.46. The second kappa shape index (κ2) is 6.78. The number of carbonyl (C=O) groups excluding carboxylic acids is 1. The normalized spacial score (nSPS) is 22.0. The lowest BCUT2D eigenvalue weighted by Crippen LogP contribution is -2.35. The van der Waals surface area contributed by atoms with E-state index in [1.165, 1.54) is 12.4 Å². The molecule has 0 unspecified atom stereocenters. The Bertz CT molecular complexity index is 459. The van der Waals surface area contributed by atoms with Crippen LogP contribution < -0.4 is 10.6 Å². The molecule has 2 rings (SSSR count). The summed E-state index contributed by atoms with van der Waals surface area (Å²) in [5, 5.41) is 21.4. The molecule has 3 N–H and O–H groups in total. The van der Waals surface area contributed by atoms with E-state index in [0.717, 1.165) is 12.8 Å². The summed E-state index contributed by atoms with van der Waals surface area (Å²) in [6.45, 7) is 0.526. The van der Waals surface area contributed by atoms with E-state index >= 15 is 0 Å². The number of carboxylic acid groups (broad SMARTS) is 1. The second-order valence-corrected chi connectivity index (χ2v) is 4.86. The average Bonchev–Trinajstić information content (AvgIpc) is 2.46. The summed E-state index contributed by atoms with van der Waals surface area (Å²) in [5.74, 6) is -0.475. The number of nitrogens with one attached hydrogen (secondary N) is 2. The van der Waals surface area contributed by atoms with Crippen molar-refractivity contribution >= 4 is 17.9 Å². The van der Waals surface area contributed by atoms with Crippen molar-refractivity contribution in [2.24, 2.45) is 11.8 Å². The summed E-state index contributed by atoms with van der Waals surface area (Å²) in [7, 11) is 0. The van der Waals surface area contributed by atoms with Crippen molar-refractivity contribution in [3.8, 4) is 0 Å². The van der Waals surface area contributed by atoms with Gasteiger partial charge in [0.15, 0.2) is 0 Å². The number of urea groups is 1. The first-order valence-corrected chi connectivity index (χ1v) is 6.56. The molecule has 8 heteroatoms. The summed E-state index contributed by atoms with van der Waals surface area (Å²) in [6.07, 6.45) is 5.85. The lowest BCUT2D eigenvalue weighted by molar-refractivity contribution is -0.143. The Morgan fingerprint density at radius 1 is 1.25 bits per heavy atom. The van der Waals surface area contributed by atoms with E-state index in [4.69, 9.17) is 5.11 Å². The topological polar surface area (TPSA) is 117 Å². The van der Waals surface area contributed by atoms with Crippen molar-refractivity contribution in [2.75, 3.05) is 11.9 Å². The van der Waals surface area contributed by atoms with E-state index in [2.05, 4.69) is 25.8 Å². The van der Waals surface area contributed by atoms with Crippen LogP contribution in [-0.2, 0) is 4.79 Å². The number of aromatic nitrogens is 3. The van der Waals surface area contributed by atoms with Gasteiger partial charge in [0.05, 0.1) is 18.3 Å². The number of rotatable bonds is 4. The van der Waals surface area contributed by atoms with Crippen LogP contribution in [0.3, 0.4) is 0 Å². The van der Waals surface area contributed by atoms with Crippen molar-refractivity contribution in [2.45, 2.75) is 25.7 Å². The van der Waals surface area contributed by atoms with E-state index < -0.39 is 5.97 Å². The first kappa shape index (κ1) is 14.2. The standard InChI is InChI=1S/C12H17N5O3/c18-10(19)9-3-1-8(2-4-9)7-14-12(20)16-11-13-5-6-15-17-11/h5-6,8-9H,1-4,7H2,(H,18,19)(H2,13,14,16,17,20). The number of aliphatic carboxylic acids is 1. The van der Waals surface area contributed by atoms with Gasteiger partial charge in [-0.25, -0.2) is 9.78 Å². The smallest absolute Gasteiger partial charge is 0.321 e. The number of hydrogen-bond acceptors (Lipinski definition) is 5. The van der Waals surface area contributed by atoms with Crippen molar-refractivity contribution in [3.63, 3.8) is 0 Å². The Kier molecular flexibility index (Phi) is 4.80. The monoisotopic (exact) mass is 279 g/mol. The Morgan fingerprint density at radius 2 is 2.00 bits per heavy atom. The molecule has 1 aromatic heterocycles. The highest BCUT2D eigenvalue weighted by Crippen LogP contribution is 2.28. The summed E-state index contributed by atoms with van der Waals surface area (Å²) in [5.41, 5.74) is 0. The van der Waals surface area contributed by atoms with Crippen LogP contribution in [0.25, 0.3) is 0 Å². The maximum atomic E-state index is 11.6. The molecule has 0 saturated heterocycles. The lowest BCUT2D eigenvalue weighted by atomic mass is 9.82. The Balaban J connectivity index is 1.68. The highest BCUT2D eigenvalue weighted by molar-refractivity contribution is 5.87. The van der Waals surface area contributed by atoms with Crippen LogP contribution in [0, 0.1) is 11.8 Å². The van der Waals surface area contributed by atoms with Crippen LogP contribution in [0.2, 0.25) is 0 Å². The summed E-state index contributed by atoms with van der Waals surface area (Å²) in [4.78, 5) is 26.3. The van der Waals surface area contributed by atoms with E-state index in [0.29, 0.717) is 25.3 Å². The largest absolute Gasteiger partial charge is 0.481 e. The van der Waals surface area contributed by atoms with Crippen LogP contribution in [0.15, 0.2) is 12.4 Å². The summed E-state index contributed by atoms with van der Waals surface area (Å²) >= 11 is 0. The SMILES string of the molecule is O=C(NCC1CCC(C(=O)O)CC1)Nc1nccnn1. The minimum Gasteiger partial charge on any atom is -0.481 e. The molecule has 1 aliphatic rings. The fourth-order valence-electron chi connectivity index (χ4n) is 2.30. The summed E-state index contributed by atoms with van der Waals surface area (Å²) < 4.78 is 0. The number of carbonyl (C=O) groups is 2. The van der Waals surface area contributed by atoms with Crippen molar-refractivity contribution in [3.05, 3.63) is 12.4 Å². The van der Waals surface area contributed by atoms with Gasteiger partial charge < -0.3 is 10.4 Å². The molecule has 1 fully saturated rings. The van der Waals surface area contributed by atoms with E-state index in [1.807, 2.05) is 0 Å². The number of amides is 2. The molecule has 108 valence electrons. The molecule has 20 heavy (non-hydrogen) atoms. The van der Waals surface area contributed by atoms with Gasteiger partial charge in [-0.15, -0.1) is 5.10 Å². The highest BCUT2D eigenvalue weighted by atomic mass is 16.4. The lowest BCUT2D eigenvalue weighted by Gasteiger charge is -2.26. The Hall–Kier alpha value is -2.25. The quantitative estimate of drug-likeness (QED) is 0.753. The molecule has 0 radical (unpaired) electrons. The fraction of sp³-hybridized carbons (Fsp3) is 0.583. The number of hydrogen-bond donors (Lipinski definition) is 3. The maximum absolute atomic E-state index is 11.6. The van der Waals surface area contributed by atoms with Crippen LogP contribution >= 0.6 is 0 Å². The first-order chi connectivity index (χ1) is 9.65. The molecular weight excluding hydrogens is 262 g/mol. The predicted molar refractivity (Wildman–Crippen MR) is 69.9 cm³/mol. The molecule has 0 aromatic carbocycles. The third-order valence-electron chi connectivity index (χ3n) is 3.46. The number of carboxylic acids is 1. The third kappa shape index (κ3) is 4.15. The average molecular weight is 279 g/mol. The minimum atomic E-state index is -0.720. The first-order valence-electron chi connectivity index (χ1n) is 6.56. The number of nitrogens with zero attached hydrogens (tertiary/aromatic N) is 3. The zero-order chi connectivity index (χ0) is 14.4. The van der Waals surface area contributed by atoms with Crippen LogP contribution in [0.5, 0.6) is 0 Å². The van der Waals surface area contributed by atoms with Gasteiger partial charge in [0.1, 0.15) is 0 Å². The molecule has 0 spiro atoms. The zero-order valence-electron chi connectivity index (χ0n) is 11.0. The van der Waals surface area contributed by atoms with Crippen LogP contribution in [0.1, 0.15) is 25.7 Å². The van der Waals surface area contributed by atoms with E-state index in [-0.39, 0.29) is 17.9 Å². The molecule has 0 atom stereocenters. The van der Waals surface area contributed by atoms with Gasteiger partial charge in [0, 0.05) is 6.54 Å². The molecule has 1 saturated carbocycles. The summed E-state index contributed by atoms with van der Waals surface area (Å²) in [6, 6.07) is -0.377. The minimum absolute atomic E-state index is 0.152. The molecule has 2 amide bonds. The molecule has 1 heterocycles. The van der Waals surface area contributed by atoms with Crippen LogP contribution in [-0.4, -0.2) is 38.8 Å².